The predicted molar refractivity (Wildman–Crippen MR) is 66.3 cm³/mol. The van der Waals surface area contributed by atoms with E-state index < -0.39 is 45.7 Å². The van der Waals surface area contributed by atoms with Gasteiger partial charge in [0.15, 0.2) is 0 Å². The van der Waals surface area contributed by atoms with Crippen LogP contribution in [0, 0.1) is 21.7 Å². The van der Waals surface area contributed by atoms with E-state index in [1.165, 1.54) is 0 Å². The van der Waals surface area contributed by atoms with Gasteiger partial charge in [0, 0.05) is 6.54 Å². The molecule has 1 unspecified atom stereocenters. The van der Waals surface area contributed by atoms with E-state index in [1.807, 2.05) is 0 Å². The van der Waals surface area contributed by atoms with E-state index in [2.05, 4.69) is 0 Å². The lowest BCUT2D eigenvalue weighted by Crippen LogP contribution is -2.44. The molecule has 0 aromatic heterocycles. The van der Waals surface area contributed by atoms with Crippen LogP contribution in [0.2, 0.25) is 0 Å². The first kappa shape index (κ1) is 14.8. The summed E-state index contributed by atoms with van der Waals surface area (Å²) in [6.07, 6.45) is 0.856. The molecule has 2 rings (SSSR count). The Morgan fingerprint density at radius 2 is 2.00 bits per heavy atom. The summed E-state index contributed by atoms with van der Waals surface area (Å²) in [5, 5.41) is 10.5. The molecule has 112 valence electrons. The Kier molecular flexibility index (Phi) is 3.83. The number of hydrogen-bond donors (Lipinski definition) is 1. The topological polar surface area (TPSA) is 107 Å². The fourth-order valence-corrected chi connectivity index (χ4v) is 2.30. The van der Waals surface area contributed by atoms with Crippen molar-refractivity contribution in [1.82, 2.24) is 4.90 Å². The van der Waals surface area contributed by atoms with Crippen molar-refractivity contribution in [2.45, 2.75) is 18.9 Å². The maximum atomic E-state index is 13.8. The molecule has 0 bridgehead atoms. The van der Waals surface area contributed by atoms with Crippen LogP contribution in [0.4, 0.5) is 14.5 Å². The molecule has 0 spiro atoms. The third-order valence-electron chi connectivity index (χ3n) is 3.31. The zero-order chi connectivity index (χ0) is 15.7. The van der Waals surface area contributed by atoms with Crippen molar-refractivity contribution in [1.29, 1.82) is 0 Å². The van der Waals surface area contributed by atoms with E-state index in [9.17, 15) is 28.5 Å². The van der Waals surface area contributed by atoms with Gasteiger partial charge in [0.1, 0.15) is 11.9 Å². The molecule has 1 aromatic rings. The number of halogens is 2. The van der Waals surface area contributed by atoms with Crippen LogP contribution < -0.4 is 5.73 Å². The van der Waals surface area contributed by atoms with Crippen molar-refractivity contribution in [2.75, 3.05) is 6.54 Å². The molecule has 1 fully saturated rings. The van der Waals surface area contributed by atoms with Crippen LogP contribution in [-0.2, 0) is 4.79 Å². The van der Waals surface area contributed by atoms with E-state index >= 15 is 0 Å². The zero-order valence-electron chi connectivity index (χ0n) is 10.7. The predicted octanol–water partition coefficient (Wildman–Crippen LogP) is 0.963. The number of primary amides is 1. The number of benzene rings is 1. The number of likely N-dealkylation sites (tertiary alicyclic amines) is 1. The molecule has 1 aliphatic heterocycles. The first-order valence-corrected chi connectivity index (χ1v) is 6.06. The third-order valence-corrected chi connectivity index (χ3v) is 3.31. The molecule has 0 radical (unpaired) electrons. The van der Waals surface area contributed by atoms with Gasteiger partial charge in [-0.3, -0.25) is 19.7 Å². The quantitative estimate of drug-likeness (QED) is 0.662. The fraction of sp³-hybridized carbons (Fsp3) is 0.333. The lowest BCUT2D eigenvalue weighted by molar-refractivity contribution is -0.387. The molecule has 7 nitrogen and oxygen atoms in total. The van der Waals surface area contributed by atoms with Crippen molar-refractivity contribution in [2.24, 2.45) is 5.73 Å². The van der Waals surface area contributed by atoms with Gasteiger partial charge in [0.05, 0.1) is 16.6 Å². The largest absolute Gasteiger partial charge is 0.368 e. The minimum atomic E-state index is -1.32. The Balaban J connectivity index is 2.38. The second-order valence-electron chi connectivity index (χ2n) is 4.60. The molecular formula is C12H11F2N3O4. The summed E-state index contributed by atoms with van der Waals surface area (Å²) in [5.41, 5.74) is 3.43. The van der Waals surface area contributed by atoms with Crippen molar-refractivity contribution < 1.29 is 23.3 Å². The molecular weight excluding hydrogens is 288 g/mol. The number of nitro benzene ring substituents is 1. The van der Waals surface area contributed by atoms with Crippen LogP contribution in [0.5, 0.6) is 0 Å². The van der Waals surface area contributed by atoms with Crippen LogP contribution in [0.3, 0.4) is 0 Å². The Morgan fingerprint density at radius 1 is 1.33 bits per heavy atom. The average Bonchev–Trinajstić information content (AvgIpc) is 2.89. The van der Waals surface area contributed by atoms with Crippen molar-refractivity contribution in [3.8, 4) is 0 Å². The molecule has 1 saturated heterocycles. The lowest BCUT2D eigenvalue weighted by atomic mass is 10.1. The highest BCUT2D eigenvalue weighted by Gasteiger charge is 2.35. The Bertz CT molecular complexity index is 635. The van der Waals surface area contributed by atoms with E-state index in [1.54, 1.807) is 0 Å². The van der Waals surface area contributed by atoms with Gasteiger partial charge >= 0.3 is 5.69 Å². The van der Waals surface area contributed by atoms with E-state index in [4.69, 9.17) is 5.73 Å². The Labute approximate surface area is 117 Å². The van der Waals surface area contributed by atoms with Crippen LogP contribution in [-0.4, -0.2) is 34.2 Å². The third kappa shape index (κ3) is 2.67. The van der Waals surface area contributed by atoms with Crippen molar-refractivity contribution in [3.05, 3.63) is 39.4 Å². The molecule has 1 heterocycles. The summed E-state index contributed by atoms with van der Waals surface area (Å²) in [6, 6.07) is -0.0699. The van der Waals surface area contributed by atoms with Gasteiger partial charge in [0.2, 0.25) is 11.7 Å². The number of carbonyl (C=O) groups excluding carboxylic acids is 2. The highest BCUT2D eigenvalue weighted by molar-refractivity contribution is 5.98. The summed E-state index contributed by atoms with van der Waals surface area (Å²) >= 11 is 0. The molecule has 1 atom stereocenters. The minimum Gasteiger partial charge on any atom is -0.368 e. The lowest BCUT2D eigenvalue weighted by Gasteiger charge is -2.22. The van der Waals surface area contributed by atoms with Crippen LogP contribution in [0.25, 0.3) is 0 Å². The molecule has 0 saturated carbocycles. The molecule has 9 heteroatoms. The van der Waals surface area contributed by atoms with Gasteiger partial charge in [0.25, 0.3) is 5.91 Å². The van der Waals surface area contributed by atoms with Crippen molar-refractivity contribution in [3.63, 3.8) is 0 Å². The second-order valence-corrected chi connectivity index (χ2v) is 4.60. The zero-order valence-corrected chi connectivity index (χ0v) is 10.7. The normalized spacial score (nSPS) is 17.8. The van der Waals surface area contributed by atoms with Crippen LogP contribution in [0.1, 0.15) is 23.2 Å². The fourth-order valence-electron chi connectivity index (χ4n) is 2.30. The molecule has 1 aromatic carbocycles. The minimum absolute atomic E-state index is 0.185. The smallest absolute Gasteiger partial charge is 0.307 e. The summed E-state index contributed by atoms with van der Waals surface area (Å²) in [7, 11) is 0. The Hall–Kier alpha value is -2.58. The maximum absolute atomic E-state index is 13.8. The summed E-state index contributed by atoms with van der Waals surface area (Å²) < 4.78 is 27.3. The number of hydrogen-bond acceptors (Lipinski definition) is 4. The van der Waals surface area contributed by atoms with E-state index in [-0.39, 0.29) is 6.54 Å². The monoisotopic (exact) mass is 299 g/mol. The number of carbonyl (C=O) groups is 2. The van der Waals surface area contributed by atoms with Crippen LogP contribution >= 0.6 is 0 Å². The van der Waals surface area contributed by atoms with Gasteiger partial charge in [-0.15, -0.1) is 0 Å². The molecule has 2 amide bonds. The highest BCUT2D eigenvalue weighted by Crippen LogP contribution is 2.25. The number of nitro groups is 1. The van der Waals surface area contributed by atoms with Crippen LogP contribution in [0.15, 0.2) is 12.1 Å². The molecule has 1 aliphatic rings. The second kappa shape index (κ2) is 5.43. The molecule has 0 aliphatic carbocycles. The highest BCUT2D eigenvalue weighted by atomic mass is 19.1. The SMILES string of the molecule is NC(=O)C1CCCN1C(=O)c1cc(F)c([N+](=O)[O-])cc1F. The maximum Gasteiger partial charge on any atom is 0.307 e. The van der Waals surface area contributed by atoms with E-state index in [0.29, 0.717) is 25.0 Å². The first-order valence-electron chi connectivity index (χ1n) is 6.06. The van der Waals surface area contributed by atoms with Crippen molar-refractivity contribution >= 4 is 17.5 Å². The summed E-state index contributed by atoms with van der Waals surface area (Å²) in [6.45, 7) is 0.185. The Morgan fingerprint density at radius 3 is 2.57 bits per heavy atom. The summed E-state index contributed by atoms with van der Waals surface area (Å²) in [4.78, 5) is 33.8. The molecule has 2 N–H and O–H groups in total. The molecule has 21 heavy (non-hydrogen) atoms. The summed E-state index contributed by atoms with van der Waals surface area (Å²) in [5.74, 6) is -4.19. The number of nitrogens with two attached hydrogens (primary N) is 1. The number of nitrogens with zero attached hydrogens (tertiary/aromatic N) is 2. The van der Waals surface area contributed by atoms with E-state index in [0.717, 1.165) is 4.90 Å². The number of rotatable bonds is 3. The van der Waals surface area contributed by atoms with Gasteiger partial charge in [-0.25, -0.2) is 4.39 Å². The van der Waals surface area contributed by atoms with Gasteiger partial charge in [-0.1, -0.05) is 0 Å². The van der Waals surface area contributed by atoms with Gasteiger partial charge in [-0.2, -0.15) is 4.39 Å². The van der Waals surface area contributed by atoms with Gasteiger partial charge < -0.3 is 10.6 Å². The average molecular weight is 299 g/mol. The standard InChI is InChI=1S/C12H11F2N3O4/c13-7-5-10(17(20)21)8(14)4-6(7)12(19)16-3-1-2-9(16)11(15)18/h4-5,9H,1-3H2,(H2,15,18). The van der Waals surface area contributed by atoms with Gasteiger partial charge in [-0.05, 0) is 18.9 Å². The first-order chi connectivity index (χ1) is 9.82. The number of amides is 2.